The Hall–Kier alpha value is -1.29. The van der Waals surface area contributed by atoms with E-state index in [4.69, 9.17) is 23.2 Å². The van der Waals surface area contributed by atoms with Gasteiger partial charge in [0, 0.05) is 19.2 Å². The summed E-state index contributed by atoms with van der Waals surface area (Å²) in [5, 5.41) is 4.81. The fourth-order valence-corrected chi connectivity index (χ4v) is 5.61. The number of nitrogens with zero attached hydrogens (tertiary/aromatic N) is 1. The van der Waals surface area contributed by atoms with E-state index in [0.29, 0.717) is 28.3 Å². The molecule has 0 bridgehead atoms. The number of halogens is 2. The zero-order valence-electron chi connectivity index (χ0n) is 16.3. The molecule has 2 fully saturated rings. The Morgan fingerprint density at radius 2 is 2.04 bits per heavy atom. The number of Topliss-reactive ketones (excluding diaryl/α,β-unsaturated/α-hetero) is 1. The standard InChI is InChI=1S/C23H28Cl2N2O/c1-23(21(28)14-16-9-10-19(24)20(25)13-16)18-8-4-3-7-17(18)15-22(26-23)27-11-5-2-6-12-27/h2,5-6,9-11,13,17-18,22,26H,3-4,7-8,12,14-15H2,1H3. The molecule has 0 radical (unpaired) electrons. The van der Waals surface area contributed by atoms with Gasteiger partial charge < -0.3 is 4.90 Å². The predicted octanol–water partition coefficient (Wildman–Crippen LogP) is 5.38. The molecule has 2 aliphatic heterocycles. The van der Waals surface area contributed by atoms with Crippen molar-refractivity contribution in [3.8, 4) is 0 Å². The predicted molar refractivity (Wildman–Crippen MR) is 116 cm³/mol. The number of hydrogen-bond donors (Lipinski definition) is 1. The SMILES string of the molecule is CC1(C(=O)Cc2ccc(Cl)c(Cl)c2)NC(N2C=CC=CC2)CC2CCCCC21. The van der Waals surface area contributed by atoms with E-state index >= 15 is 0 Å². The lowest BCUT2D eigenvalue weighted by molar-refractivity contribution is -0.132. The first-order chi connectivity index (χ1) is 13.5. The second kappa shape index (κ2) is 8.22. The van der Waals surface area contributed by atoms with Crippen LogP contribution in [-0.2, 0) is 11.2 Å². The van der Waals surface area contributed by atoms with E-state index in [2.05, 4.69) is 41.6 Å². The molecule has 0 spiro atoms. The van der Waals surface area contributed by atoms with Crippen molar-refractivity contribution < 1.29 is 4.79 Å². The van der Waals surface area contributed by atoms with Gasteiger partial charge in [-0.1, -0.05) is 54.3 Å². The van der Waals surface area contributed by atoms with Crippen LogP contribution in [0.25, 0.3) is 0 Å². The Bertz CT molecular complexity index is 806. The zero-order chi connectivity index (χ0) is 19.7. The van der Waals surface area contributed by atoms with Gasteiger partial charge in [-0.25, -0.2) is 0 Å². The summed E-state index contributed by atoms with van der Waals surface area (Å²) in [5.41, 5.74) is 0.410. The minimum atomic E-state index is -0.519. The monoisotopic (exact) mass is 418 g/mol. The van der Waals surface area contributed by atoms with Crippen molar-refractivity contribution in [3.63, 3.8) is 0 Å². The van der Waals surface area contributed by atoms with E-state index in [1.165, 1.54) is 19.3 Å². The zero-order valence-corrected chi connectivity index (χ0v) is 17.8. The Morgan fingerprint density at radius 3 is 2.79 bits per heavy atom. The van der Waals surface area contributed by atoms with Gasteiger partial charge in [-0.05, 0) is 61.8 Å². The molecule has 1 aromatic carbocycles. The number of ketones is 1. The first kappa shape index (κ1) is 20.0. The molecule has 0 aromatic heterocycles. The molecule has 4 unspecified atom stereocenters. The van der Waals surface area contributed by atoms with Crippen LogP contribution in [0, 0.1) is 11.8 Å². The molecule has 3 aliphatic rings. The highest BCUT2D eigenvalue weighted by atomic mass is 35.5. The summed E-state index contributed by atoms with van der Waals surface area (Å²) in [6, 6.07) is 5.51. The van der Waals surface area contributed by atoms with Crippen LogP contribution in [0.5, 0.6) is 0 Å². The van der Waals surface area contributed by atoms with Crippen LogP contribution in [-0.4, -0.2) is 28.9 Å². The molecule has 4 atom stereocenters. The highest BCUT2D eigenvalue weighted by molar-refractivity contribution is 6.42. The van der Waals surface area contributed by atoms with Crippen molar-refractivity contribution in [3.05, 3.63) is 58.2 Å². The third-order valence-corrected chi connectivity index (χ3v) is 7.55. The lowest BCUT2D eigenvalue weighted by Crippen LogP contribution is -2.68. The van der Waals surface area contributed by atoms with E-state index in [9.17, 15) is 4.79 Å². The van der Waals surface area contributed by atoms with Crippen molar-refractivity contribution in [1.82, 2.24) is 10.2 Å². The number of fused-ring (bicyclic) bond motifs is 1. The number of rotatable bonds is 4. The molecule has 1 N–H and O–H groups in total. The van der Waals surface area contributed by atoms with Crippen molar-refractivity contribution in [2.24, 2.45) is 11.8 Å². The van der Waals surface area contributed by atoms with Crippen LogP contribution >= 0.6 is 23.2 Å². The molecule has 0 amide bonds. The number of nitrogens with one attached hydrogen (secondary N) is 1. The molecule has 150 valence electrons. The largest absolute Gasteiger partial charge is 0.358 e. The van der Waals surface area contributed by atoms with Gasteiger partial charge in [0.1, 0.15) is 0 Å². The Kier molecular flexibility index (Phi) is 5.87. The number of hydrogen-bond acceptors (Lipinski definition) is 3. The van der Waals surface area contributed by atoms with Gasteiger partial charge in [-0.15, -0.1) is 0 Å². The first-order valence-corrected chi connectivity index (χ1v) is 11.1. The first-order valence-electron chi connectivity index (χ1n) is 10.3. The van der Waals surface area contributed by atoms with Gasteiger partial charge in [0.25, 0.3) is 0 Å². The van der Waals surface area contributed by atoms with Gasteiger partial charge in [0.2, 0.25) is 0 Å². The summed E-state index contributed by atoms with van der Waals surface area (Å²) < 4.78 is 0. The maximum Gasteiger partial charge on any atom is 0.157 e. The average molecular weight is 419 g/mol. The van der Waals surface area contributed by atoms with Crippen molar-refractivity contribution in [2.45, 2.75) is 57.2 Å². The van der Waals surface area contributed by atoms with Gasteiger partial charge in [0.15, 0.2) is 5.78 Å². The van der Waals surface area contributed by atoms with Gasteiger partial charge >= 0.3 is 0 Å². The van der Waals surface area contributed by atoms with E-state index in [0.717, 1.165) is 24.9 Å². The second-order valence-electron chi connectivity index (χ2n) is 8.56. The highest BCUT2D eigenvalue weighted by Crippen LogP contribution is 2.44. The second-order valence-corrected chi connectivity index (χ2v) is 9.38. The molecule has 4 rings (SSSR count). The molecule has 3 nitrogen and oxygen atoms in total. The minimum Gasteiger partial charge on any atom is -0.358 e. The maximum absolute atomic E-state index is 13.6. The van der Waals surface area contributed by atoms with E-state index in [1.54, 1.807) is 6.07 Å². The lowest BCUT2D eigenvalue weighted by atomic mass is 9.63. The Balaban J connectivity index is 1.58. The van der Waals surface area contributed by atoms with E-state index in [1.807, 2.05) is 12.1 Å². The number of piperidine rings is 1. The van der Waals surface area contributed by atoms with E-state index in [-0.39, 0.29) is 11.9 Å². The third-order valence-electron chi connectivity index (χ3n) is 6.81. The molecule has 1 aromatic rings. The molecular formula is C23H28Cl2N2O. The summed E-state index contributed by atoms with van der Waals surface area (Å²) in [5.74, 6) is 1.25. The molecule has 1 aliphatic carbocycles. The molecule has 1 saturated heterocycles. The fraction of sp³-hybridized carbons (Fsp3) is 0.522. The normalized spacial score (nSPS) is 32.2. The molecule has 2 heterocycles. The Morgan fingerprint density at radius 1 is 1.21 bits per heavy atom. The fourth-order valence-electron chi connectivity index (χ4n) is 5.29. The molecule has 1 saturated carbocycles. The molecular weight excluding hydrogens is 391 g/mol. The number of allylic oxidation sites excluding steroid dienone is 2. The number of carbonyl (C=O) groups excluding carboxylic acids is 1. The van der Waals surface area contributed by atoms with Crippen LogP contribution in [0.1, 0.15) is 44.6 Å². The molecule has 28 heavy (non-hydrogen) atoms. The van der Waals surface area contributed by atoms with Gasteiger partial charge in [-0.2, -0.15) is 0 Å². The van der Waals surface area contributed by atoms with Crippen LogP contribution in [0.4, 0.5) is 0 Å². The average Bonchev–Trinajstić information content (AvgIpc) is 2.71. The summed E-state index contributed by atoms with van der Waals surface area (Å²) in [6.45, 7) is 3.02. The summed E-state index contributed by atoms with van der Waals surface area (Å²) in [6.07, 6.45) is 15.0. The quantitative estimate of drug-likeness (QED) is 0.712. The van der Waals surface area contributed by atoms with Crippen molar-refractivity contribution >= 4 is 29.0 Å². The van der Waals surface area contributed by atoms with Crippen LogP contribution in [0.2, 0.25) is 10.0 Å². The van der Waals surface area contributed by atoms with Crippen molar-refractivity contribution in [1.29, 1.82) is 0 Å². The lowest BCUT2D eigenvalue weighted by Gasteiger charge is -2.53. The van der Waals surface area contributed by atoms with E-state index < -0.39 is 5.54 Å². The minimum absolute atomic E-state index is 0.198. The highest BCUT2D eigenvalue weighted by Gasteiger charge is 2.50. The summed E-state index contributed by atoms with van der Waals surface area (Å²) in [4.78, 5) is 15.9. The molecule has 5 heteroatoms. The summed E-state index contributed by atoms with van der Waals surface area (Å²) >= 11 is 12.2. The number of carbonyl (C=O) groups is 1. The topological polar surface area (TPSA) is 32.3 Å². The van der Waals surface area contributed by atoms with Crippen LogP contribution < -0.4 is 5.32 Å². The van der Waals surface area contributed by atoms with Gasteiger partial charge in [-0.3, -0.25) is 10.1 Å². The van der Waals surface area contributed by atoms with Crippen LogP contribution in [0.3, 0.4) is 0 Å². The van der Waals surface area contributed by atoms with Gasteiger partial charge in [0.05, 0.1) is 21.7 Å². The smallest absolute Gasteiger partial charge is 0.157 e. The Labute approximate surface area is 177 Å². The summed E-state index contributed by atoms with van der Waals surface area (Å²) in [7, 11) is 0. The third kappa shape index (κ3) is 3.90. The number of benzene rings is 1. The van der Waals surface area contributed by atoms with Crippen LogP contribution in [0.15, 0.2) is 42.6 Å². The maximum atomic E-state index is 13.6. The van der Waals surface area contributed by atoms with Crippen molar-refractivity contribution in [2.75, 3.05) is 6.54 Å².